The number of halogens is 2. The second kappa shape index (κ2) is 5.63. The highest BCUT2D eigenvalue weighted by Gasteiger charge is 2.12. The average Bonchev–Trinajstić information content (AvgIpc) is 2.20. The van der Waals surface area contributed by atoms with Crippen molar-refractivity contribution in [3.05, 3.63) is 34.1 Å². The van der Waals surface area contributed by atoms with E-state index in [1.165, 1.54) is 18.2 Å². The van der Waals surface area contributed by atoms with E-state index < -0.39 is 0 Å². The number of hydrogen-bond acceptors (Lipinski definition) is 1. The fraction of sp³-hybridized carbons (Fsp3) is 0.462. The van der Waals surface area contributed by atoms with Gasteiger partial charge in [0.25, 0.3) is 5.91 Å². The molecular formula is C13H17BrFNO. The SMILES string of the molecule is CC(C)(C)CCNC(=O)c1ccc(F)c(Br)c1. The molecule has 0 aliphatic heterocycles. The topological polar surface area (TPSA) is 29.1 Å². The molecule has 0 heterocycles. The van der Waals surface area contributed by atoms with Gasteiger partial charge in [0.05, 0.1) is 4.47 Å². The fourth-order valence-electron chi connectivity index (χ4n) is 1.29. The first-order valence-electron chi connectivity index (χ1n) is 5.53. The van der Waals surface area contributed by atoms with Gasteiger partial charge in [-0.15, -0.1) is 0 Å². The molecule has 0 aromatic heterocycles. The van der Waals surface area contributed by atoms with Crippen molar-refractivity contribution in [2.24, 2.45) is 5.41 Å². The van der Waals surface area contributed by atoms with Crippen molar-refractivity contribution in [2.75, 3.05) is 6.54 Å². The van der Waals surface area contributed by atoms with Gasteiger partial charge in [0.2, 0.25) is 0 Å². The van der Waals surface area contributed by atoms with Gasteiger partial charge in [-0.25, -0.2) is 4.39 Å². The Balaban J connectivity index is 2.56. The van der Waals surface area contributed by atoms with Gasteiger partial charge in [0, 0.05) is 12.1 Å². The second-order valence-electron chi connectivity index (χ2n) is 5.20. The molecule has 0 saturated carbocycles. The summed E-state index contributed by atoms with van der Waals surface area (Å²) in [5, 5.41) is 2.82. The number of nitrogens with one attached hydrogen (secondary N) is 1. The molecule has 0 aliphatic carbocycles. The third kappa shape index (κ3) is 4.86. The van der Waals surface area contributed by atoms with Crippen molar-refractivity contribution in [1.82, 2.24) is 5.32 Å². The molecule has 2 nitrogen and oxygen atoms in total. The van der Waals surface area contributed by atoms with E-state index in [1.807, 2.05) is 0 Å². The summed E-state index contributed by atoms with van der Waals surface area (Å²) in [6.45, 7) is 6.98. The molecule has 0 radical (unpaired) electrons. The molecule has 1 rings (SSSR count). The Kier molecular flexibility index (Phi) is 4.69. The van der Waals surface area contributed by atoms with Crippen LogP contribution in [0.5, 0.6) is 0 Å². The van der Waals surface area contributed by atoms with E-state index in [0.29, 0.717) is 16.6 Å². The van der Waals surface area contributed by atoms with Crippen molar-refractivity contribution >= 4 is 21.8 Å². The van der Waals surface area contributed by atoms with E-state index in [-0.39, 0.29) is 17.1 Å². The lowest BCUT2D eigenvalue weighted by atomic mass is 9.92. The molecule has 4 heteroatoms. The summed E-state index contributed by atoms with van der Waals surface area (Å²) in [4.78, 5) is 11.7. The highest BCUT2D eigenvalue weighted by Crippen LogP contribution is 2.18. The Morgan fingerprint density at radius 1 is 1.41 bits per heavy atom. The van der Waals surface area contributed by atoms with E-state index in [2.05, 4.69) is 42.0 Å². The normalized spacial score (nSPS) is 11.4. The minimum Gasteiger partial charge on any atom is -0.352 e. The first-order chi connectivity index (χ1) is 7.79. The van der Waals surface area contributed by atoms with Crippen LogP contribution in [-0.2, 0) is 0 Å². The zero-order valence-corrected chi connectivity index (χ0v) is 11.9. The molecule has 1 aromatic carbocycles. The third-order valence-electron chi connectivity index (χ3n) is 2.34. The van der Waals surface area contributed by atoms with E-state index in [4.69, 9.17) is 0 Å². The number of amides is 1. The summed E-state index contributed by atoms with van der Waals surface area (Å²) in [6.07, 6.45) is 0.904. The van der Waals surface area contributed by atoms with Gasteiger partial charge in [-0.05, 0) is 46.0 Å². The average molecular weight is 302 g/mol. The molecule has 0 fully saturated rings. The Labute approximate surface area is 110 Å². The van der Waals surface area contributed by atoms with Gasteiger partial charge >= 0.3 is 0 Å². The van der Waals surface area contributed by atoms with Crippen molar-refractivity contribution in [3.63, 3.8) is 0 Å². The smallest absolute Gasteiger partial charge is 0.251 e. The van der Waals surface area contributed by atoms with Crippen LogP contribution in [0.3, 0.4) is 0 Å². The maximum absolute atomic E-state index is 13.0. The van der Waals surface area contributed by atoms with Crippen LogP contribution in [0.1, 0.15) is 37.6 Å². The van der Waals surface area contributed by atoms with E-state index in [0.717, 1.165) is 6.42 Å². The van der Waals surface area contributed by atoms with Crippen molar-refractivity contribution in [2.45, 2.75) is 27.2 Å². The molecule has 0 unspecified atom stereocenters. The molecule has 0 spiro atoms. The fourth-order valence-corrected chi connectivity index (χ4v) is 1.67. The molecule has 1 aromatic rings. The molecular weight excluding hydrogens is 285 g/mol. The lowest BCUT2D eigenvalue weighted by Gasteiger charge is -2.18. The number of carbonyl (C=O) groups is 1. The largest absolute Gasteiger partial charge is 0.352 e. The maximum Gasteiger partial charge on any atom is 0.251 e. The first kappa shape index (κ1) is 14.2. The van der Waals surface area contributed by atoms with Crippen molar-refractivity contribution < 1.29 is 9.18 Å². The standard InChI is InChI=1S/C13H17BrFNO/c1-13(2,3)6-7-16-12(17)9-4-5-11(15)10(14)8-9/h4-5,8H,6-7H2,1-3H3,(H,16,17). The van der Waals surface area contributed by atoms with Crippen LogP contribution >= 0.6 is 15.9 Å². The Morgan fingerprint density at radius 3 is 2.59 bits per heavy atom. The van der Waals surface area contributed by atoms with Gasteiger partial charge in [-0.3, -0.25) is 4.79 Å². The monoisotopic (exact) mass is 301 g/mol. The predicted molar refractivity (Wildman–Crippen MR) is 70.5 cm³/mol. The minimum atomic E-state index is -0.365. The minimum absolute atomic E-state index is 0.171. The highest BCUT2D eigenvalue weighted by molar-refractivity contribution is 9.10. The summed E-state index contributed by atoms with van der Waals surface area (Å²) in [5.41, 5.74) is 0.656. The lowest BCUT2D eigenvalue weighted by molar-refractivity contribution is 0.0949. The summed E-state index contributed by atoms with van der Waals surface area (Å²) in [6, 6.07) is 4.25. The Hall–Kier alpha value is -0.900. The van der Waals surface area contributed by atoms with Crippen LogP contribution in [0.25, 0.3) is 0 Å². The summed E-state index contributed by atoms with van der Waals surface area (Å²) >= 11 is 3.06. The van der Waals surface area contributed by atoms with E-state index in [1.54, 1.807) is 0 Å². The van der Waals surface area contributed by atoms with Gasteiger partial charge in [-0.2, -0.15) is 0 Å². The highest BCUT2D eigenvalue weighted by atomic mass is 79.9. The van der Waals surface area contributed by atoms with Crippen LogP contribution in [0.15, 0.2) is 22.7 Å². The van der Waals surface area contributed by atoms with Gasteiger partial charge in [0.15, 0.2) is 0 Å². The van der Waals surface area contributed by atoms with Gasteiger partial charge in [0.1, 0.15) is 5.82 Å². The van der Waals surface area contributed by atoms with Crippen molar-refractivity contribution in [3.8, 4) is 0 Å². The van der Waals surface area contributed by atoms with Crippen LogP contribution < -0.4 is 5.32 Å². The van der Waals surface area contributed by atoms with Gasteiger partial charge < -0.3 is 5.32 Å². The lowest BCUT2D eigenvalue weighted by Crippen LogP contribution is -2.27. The molecule has 94 valence electrons. The summed E-state index contributed by atoms with van der Waals surface area (Å²) in [7, 11) is 0. The zero-order valence-electron chi connectivity index (χ0n) is 10.3. The van der Waals surface area contributed by atoms with Crippen LogP contribution in [0.2, 0.25) is 0 Å². The number of benzene rings is 1. The van der Waals surface area contributed by atoms with E-state index >= 15 is 0 Å². The number of hydrogen-bond donors (Lipinski definition) is 1. The third-order valence-corrected chi connectivity index (χ3v) is 2.95. The molecule has 0 aliphatic rings. The van der Waals surface area contributed by atoms with Gasteiger partial charge in [-0.1, -0.05) is 20.8 Å². The molecule has 0 bridgehead atoms. The summed E-state index contributed by atoms with van der Waals surface area (Å²) in [5.74, 6) is -0.536. The molecule has 0 atom stereocenters. The number of rotatable bonds is 3. The molecule has 0 saturated heterocycles. The molecule has 1 amide bonds. The van der Waals surface area contributed by atoms with Crippen LogP contribution in [-0.4, -0.2) is 12.5 Å². The number of carbonyl (C=O) groups excluding carboxylic acids is 1. The molecule has 1 N–H and O–H groups in total. The predicted octanol–water partition coefficient (Wildman–Crippen LogP) is 3.75. The van der Waals surface area contributed by atoms with Crippen LogP contribution in [0.4, 0.5) is 4.39 Å². The van der Waals surface area contributed by atoms with E-state index in [9.17, 15) is 9.18 Å². The molecule has 17 heavy (non-hydrogen) atoms. The Bertz CT molecular complexity index is 412. The van der Waals surface area contributed by atoms with Crippen molar-refractivity contribution in [1.29, 1.82) is 0 Å². The first-order valence-corrected chi connectivity index (χ1v) is 6.32. The summed E-state index contributed by atoms with van der Waals surface area (Å²) < 4.78 is 13.3. The zero-order chi connectivity index (χ0) is 13.1. The quantitative estimate of drug-likeness (QED) is 0.905. The Morgan fingerprint density at radius 2 is 2.06 bits per heavy atom. The maximum atomic E-state index is 13.0. The van der Waals surface area contributed by atoms with Crippen LogP contribution in [0, 0.1) is 11.2 Å². The second-order valence-corrected chi connectivity index (χ2v) is 6.05.